The number of carbonyl (C=O) groups is 1. The molecule has 1 aliphatic rings. The van der Waals surface area contributed by atoms with E-state index in [-0.39, 0.29) is 23.7 Å². The molecule has 5 nitrogen and oxygen atoms in total. The number of aryl methyl sites for hydroxylation is 2. The smallest absolute Gasteiger partial charge is 0.227 e. The number of halogens is 1. The van der Waals surface area contributed by atoms with E-state index in [0.29, 0.717) is 19.3 Å². The quantitative estimate of drug-likeness (QED) is 0.779. The van der Waals surface area contributed by atoms with Gasteiger partial charge in [-0.3, -0.25) is 9.89 Å². The third-order valence-corrected chi connectivity index (χ3v) is 5.03. The third-order valence-electron chi connectivity index (χ3n) is 5.03. The lowest BCUT2D eigenvalue weighted by Gasteiger charge is -2.44. The highest BCUT2D eigenvalue weighted by atomic mass is 19.1. The van der Waals surface area contributed by atoms with Crippen LogP contribution < -0.4 is 5.32 Å². The van der Waals surface area contributed by atoms with Gasteiger partial charge in [0.25, 0.3) is 0 Å². The van der Waals surface area contributed by atoms with Crippen LogP contribution >= 0.6 is 0 Å². The van der Waals surface area contributed by atoms with E-state index in [1.807, 2.05) is 20.8 Å². The standard InChI is InChI=1S/C19H24FN3O2/c1-11(17-12(2)22-23-13(17)3)18(24)21-16-9-19(25,10-16)8-14-5-4-6-15(20)7-14/h4-7,11,16,25H,8-10H2,1-3H3,(H,21,24)(H,22,23). The Labute approximate surface area is 146 Å². The van der Waals surface area contributed by atoms with Crippen molar-refractivity contribution in [3.05, 3.63) is 52.6 Å². The van der Waals surface area contributed by atoms with Gasteiger partial charge in [0.05, 0.1) is 17.2 Å². The first-order valence-electron chi connectivity index (χ1n) is 8.56. The Morgan fingerprint density at radius 2 is 2.20 bits per heavy atom. The maximum absolute atomic E-state index is 13.3. The highest BCUT2D eigenvalue weighted by Crippen LogP contribution is 2.36. The number of hydrogen-bond acceptors (Lipinski definition) is 3. The van der Waals surface area contributed by atoms with Crippen LogP contribution in [0.4, 0.5) is 4.39 Å². The molecule has 0 aliphatic heterocycles. The van der Waals surface area contributed by atoms with Gasteiger partial charge in [-0.05, 0) is 51.3 Å². The highest BCUT2D eigenvalue weighted by Gasteiger charge is 2.43. The van der Waals surface area contributed by atoms with E-state index >= 15 is 0 Å². The van der Waals surface area contributed by atoms with Crippen LogP contribution in [0.1, 0.15) is 48.2 Å². The average molecular weight is 345 g/mol. The molecule has 1 heterocycles. The average Bonchev–Trinajstić information content (AvgIpc) is 2.84. The SMILES string of the molecule is Cc1n[nH]c(C)c1C(C)C(=O)NC1CC(O)(Cc2cccc(F)c2)C1. The van der Waals surface area contributed by atoms with Crippen LogP contribution in [0.25, 0.3) is 0 Å². The molecule has 1 aliphatic carbocycles. The van der Waals surface area contributed by atoms with Gasteiger partial charge < -0.3 is 10.4 Å². The highest BCUT2D eigenvalue weighted by molar-refractivity contribution is 5.84. The van der Waals surface area contributed by atoms with Gasteiger partial charge in [-0.2, -0.15) is 5.10 Å². The lowest BCUT2D eigenvalue weighted by atomic mass is 9.72. The Morgan fingerprint density at radius 1 is 1.48 bits per heavy atom. The minimum absolute atomic E-state index is 0.0546. The van der Waals surface area contributed by atoms with Crippen LogP contribution in [0.15, 0.2) is 24.3 Å². The van der Waals surface area contributed by atoms with Crippen molar-refractivity contribution in [2.45, 2.75) is 57.6 Å². The number of benzene rings is 1. The molecule has 134 valence electrons. The number of nitrogens with zero attached hydrogens (tertiary/aromatic N) is 1. The molecule has 1 unspecified atom stereocenters. The zero-order valence-electron chi connectivity index (χ0n) is 14.8. The van der Waals surface area contributed by atoms with Crippen molar-refractivity contribution in [1.82, 2.24) is 15.5 Å². The zero-order valence-corrected chi connectivity index (χ0v) is 14.8. The van der Waals surface area contributed by atoms with Gasteiger partial charge >= 0.3 is 0 Å². The lowest BCUT2D eigenvalue weighted by molar-refractivity contribution is -0.126. The molecular weight excluding hydrogens is 321 g/mol. The van der Waals surface area contributed by atoms with E-state index in [9.17, 15) is 14.3 Å². The number of amides is 1. The number of H-pyrrole nitrogens is 1. The first-order chi connectivity index (χ1) is 11.8. The number of aromatic nitrogens is 2. The molecule has 3 N–H and O–H groups in total. The lowest BCUT2D eigenvalue weighted by Crippen LogP contribution is -2.56. The summed E-state index contributed by atoms with van der Waals surface area (Å²) in [5.41, 5.74) is 2.54. The van der Waals surface area contributed by atoms with Gasteiger partial charge in [0.1, 0.15) is 5.82 Å². The number of rotatable bonds is 5. The summed E-state index contributed by atoms with van der Waals surface area (Å²) in [5.74, 6) is -0.661. The molecule has 1 atom stereocenters. The van der Waals surface area contributed by atoms with Gasteiger partial charge in [0.2, 0.25) is 5.91 Å². The molecule has 0 saturated heterocycles. The summed E-state index contributed by atoms with van der Waals surface area (Å²) in [6.07, 6.45) is 1.35. The van der Waals surface area contributed by atoms with Gasteiger partial charge in [-0.1, -0.05) is 12.1 Å². The fourth-order valence-electron chi connectivity index (χ4n) is 3.79. The van der Waals surface area contributed by atoms with E-state index in [1.54, 1.807) is 12.1 Å². The van der Waals surface area contributed by atoms with E-state index in [4.69, 9.17) is 0 Å². The van der Waals surface area contributed by atoms with Gasteiger partial charge in [0, 0.05) is 23.7 Å². The second-order valence-electron chi connectivity index (χ2n) is 7.21. The summed E-state index contributed by atoms with van der Waals surface area (Å²) in [4.78, 5) is 12.5. The largest absolute Gasteiger partial charge is 0.389 e. The Kier molecular flexibility index (Phi) is 4.64. The summed E-state index contributed by atoms with van der Waals surface area (Å²) in [7, 11) is 0. The van der Waals surface area contributed by atoms with Crippen LogP contribution in [0.2, 0.25) is 0 Å². The second kappa shape index (κ2) is 6.59. The van der Waals surface area contributed by atoms with Gasteiger partial charge in [-0.15, -0.1) is 0 Å². The number of nitrogens with one attached hydrogen (secondary N) is 2. The van der Waals surface area contributed by atoms with Crippen molar-refractivity contribution in [2.75, 3.05) is 0 Å². The fraction of sp³-hybridized carbons (Fsp3) is 0.474. The van der Waals surface area contributed by atoms with Crippen LogP contribution in [-0.4, -0.2) is 32.9 Å². The van der Waals surface area contributed by atoms with Gasteiger partial charge in [-0.25, -0.2) is 4.39 Å². The number of aliphatic hydroxyl groups is 1. The number of hydrogen-bond donors (Lipinski definition) is 3. The summed E-state index contributed by atoms with van der Waals surface area (Å²) in [5, 5.41) is 20.6. The molecule has 6 heteroatoms. The Balaban J connectivity index is 1.55. The molecule has 1 aromatic heterocycles. The van der Waals surface area contributed by atoms with Crippen molar-refractivity contribution in [2.24, 2.45) is 0 Å². The van der Waals surface area contributed by atoms with E-state index in [1.165, 1.54) is 12.1 Å². The topological polar surface area (TPSA) is 78.0 Å². The summed E-state index contributed by atoms with van der Waals surface area (Å²) < 4.78 is 13.3. The Bertz CT molecular complexity index is 761. The molecule has 3 rings (SSSR count). The second-order valence-corrected chi connectivity index (χ2v) is 7.21. The number of aromatic amines is 1. The van der Waals surface area contributed by atoms with Crippen molar-refractivity contribution >= 4 is 5.91 Å². The summed E-state index contributed by atoms with van der Waals surface area (Å²) >= 11 is 0. The molecule has 1 fully saturated rings. The summed E-state index contributed by atoms with van der Waals surface area (Å²) in [6, 6.07) is 6.22. The fourth-order valence-corrected chi connectivity index (χ4v) is 3.79. The van der Waals surface area contributed by atoms with Crippen LogP contribution in [0.3, 0.4) is 0 Å². The predicted molar refractivity (Wildman–Crippen MR) is 92.7 cm³/mol. The molecule has 0 radical (unpaired) electrons. The maximum Gasteiger partial charge on any atom is 0.227 e. The first kappa shape index (κ1) is 17.6. The first-order valence-corrected chi connectivity index (χ1v) is 8.56. The predicted octanol–water partition coefficient (Wildman–Crippen LogP) is 2.52. The normalized spacial score (nSPS) is 23.8. The minimum atomic E-state index is -0.879. The van der Waals surface area contributed by atoms with Crippen LogP contribution in [0, 0.1) is 19.7 Å². The van der Waals surface area contributed by atoms with E-state index in [2.05, 4.69) is 15.5 Å². The van der Waals surface area contributed by atoms with E-state index < -0.39 is 5.60 Å². The molecule has 2 aromatic rings. The summed E-state index contributed by atoms with van der Waals surface area (Å²) in [6.45, 7) is 5.64. The monoisotopic (exact) mass is 345 g/mol. The molecular formula is C19H24FN3O2. The van der Waals surface area contributed by atoms with Crippen molar-refractivity contribution in [1.29, 1.82) is 0 Å². The molecule has 1 saturated carbocycles. The third kappa shape index (κ3) is 3.74. The van der Waals surface area contributed by atoms with E-state index in [0.717, 1.165) is 22.5 Å². The van der Waals surface area contributed by atoms with Crippen molar-refractivity contribution in [3.63, 3.8) is 0 Å². The van der Waals surface area contributed by atoms with Crippen LogP contribution in [-0.2, 0) is 11.2 Å². The van der Waals surface area contributed by atoms with Gasteiger partial charge in [0.15, 0.2) is 0 Å². The number of carbonyl (C=O) groups excluding carboxylic acids is 1. The molecule has 0 spiro atoms. The molecule has 1 amide bonds. The Morgan fingerprint density at radius 3 is 2.80 bits per heavy atom. The molecule has 25 heavy (non-hydrogen) atoms. The van der Waals surface area contributed by atoms with Crippen molar-refractivity contribution < 1.29 is 14.3 Å². The Hall–Kier alpha value is -2.21. The zero-order chi connectivity index (χ0) is 18.2. The minimum Gasteiger partial charge on any atom is -0.389 e. The molecule has 0 bridgehead atoms. The maximum atomic E-state index is 13.3. The molecule has 1 aromatic carbocycles. The van der Waals surface area contributed by atoms with Crippen molar-refractivity contribution in [3.8, 4) is 0 Å². The van der Waals surface area contributed by atoms with Crippen LogP contribution in [0.5, 0.6) is 0 Å².